The van der Waals surface area contributed by atoms with Crippen molar-refractivity contribution in [2.45, 2.75) is 11.7 Å². The highest BCUT2D eigenvalue weighted by Gasteiger charge is 2.11. The van der Waals surface area contributed by atoms with E-state index in [1.165, 1.54) is 5.56 Å². The van der Waals surface area contributed by atoms with Crippen LogP contribution in [0.2, 0.25) is 5.02 Å². The zero-order chi connectivity index (χ0) is 18.5. The number of guanidine groups is 1. The Morgan fingerprint density at radius 3 is 2.80 bits per heavy atom. The molecule has 1 aromatic rings. The lowest BCUT2D eigenvalue weighted by Gasteiger charge is -2.20. The van der Waals surface area contributed by atoms with Crippen molar-refractivity contribution >= 4 is 29.3 Å². The molecule has 5 nitrogen and oxygen atoms in total. The Balaban J connectivity index is 2.35. The molecular formula is C18H31ClN4OS. The van der Waals surface area contributed by atoms with Crippen LogP contribution in [0.5, 0.6) is 0 Å². The lowest BCUT2D eigenvalue weighted by Crippen LogP contribution is -2.42. The van der Waals surface area contributed by atoms with Crippen molar-refractivity contribution in [2.75, 3.05) is 60.2 Å². The van der Waals surface area contributed by atoms with Gasteiger partial charge < -0.3 is 20.3 Å². The number of halogens is 1. The van der Waals surface area contributed by atoms with Crippen LogP contribution in [0.4, 0.5) is 0 Å². The summed E-state index contributed by atoms with van der Waals surface area (Å²) in [6, 6.07) is 8.03. The fourth-order valence-corrected chi connectivity index (χ4v) is 3.28. The fourth-order valence-electron chi connectivity index (χ4n) is 2.41. The number of aliphatic imine (C=N–C) groups is 1. The molecule has 1 unspecified atom stereocenters. The van der Waals surface area contributed by atoms with Gasteiger partial charge in [0.25, 0.3) is 0 Å². The first-order valence-electron chi connectivity index (χ1n) is 8.51. The lowest BCUT2D eigenvalue weighted by molar-refractivity contribution is 0.180. The highest BCUT2D eigenvalue weighted by atomic mass is 35.5. The van der Waals surface area contributed by atoms with Gasteiger partial charge in [-0.25, -0.2) is 0 Å². The van der Waals surface area contributed by atoms with Gasteiger partial charge in [0.2, 0.25) is 0 Å². The molecule has 0 aliphatic heterocycles. The van der Waals surface area contributed by atoms with Crippen LogP contribution < -0.4 is 10.6 Å². The van der Waals surface area contributed by atoms with Crippen LogP contribution in [0.25, 0.3) is 0 Å². The minimum atomic E-state index is 0.328. The van der Waals surface area contributed by atoms with Gasteiger partial charge in [-0.3, -0.25) is 4.99 Å². The summed E-state index contributed by atoms with van der Waals surface area (Å²) in [5.74, 6) is 0.825. The number of hydrogen-bond donors (Lipinski definition) is 2. The first-order chi connectivity index (χ1) is 12.1. The lowest BCUT2D eigenvalue weighted by atomic mass is 10.1. The summed E-state index contributed by atoms with van der Waals surface area (Å²) in [7, 11) is 5.66. The number of benzene rings is 1. The van der Waals surface area contributed by atoms with E-state index in [0.717, 1.165) is 50.2 Å². The third-order valence-corrected chi connectivity index (χ3v) is 5.10. The first kappa shape index (κ1) is 22.1. The van der Waals surface area contributed by atoms with Gasteiger partial charge in [-0.2, -0.15) is 11.8 Å². The Morgan fingerprint density at radius 1 is 1.36 bits per heavy atom. The molecule has 1 atom stereocenters. The van der Waals surface area contributed by atoms with Crippen molar-refractivity contribution in [3.63, 3.8) is 0 Å². The van der Waals surface area contributed by atoms with Crippen LogP contribution in [0.1, 0.15) is 17.2 Å². The number of hydrogen-bond acceptors (Lipinski definition) is 4. The summed E-state index contributed by atoms with van der Waals surface area (Å²) in [4.78, 5) is 6.59. The maximum Gasteiger partial charge on any atom is 0.191 e. The van der Waals surface area contributed by atoms with E-state index in [9.17, 15) is 0 Å². The smallest absolute Gasteiger partial charge is 0.191 e. The Bertz CT molecular complexity index is 516. The van der Waals surface area contributed by atoms with E-state index in [1.54, 1.807) is 25.9 Å². The van der Waals surface area contributed by atoms with E-state index < -0.39 is 0 Å². The molecule has 0 amide bonds. The normalized spacial score (nSPS) is 13.1. The number of methoxy groups -OCH3 is 1. The van der Waals surface area contributed by atoms with Crippen LogP contribution in [0.15, 0.2) is 29.3 Å². The molecule has 0 saturated carbocycles. The van der Waals surface area contributed by atoms with E-state index in [1.807, 2.05) is 18.2 Å². The quantitative estimate of drug-likeness (QED) is 0.348. The van der Waals surface area contributed by atoms with Gasteiger partial charge in [0.1, 0.15) is 0 Å². The van der Waals surface area contributed by atoms with Gasteiger partial charge in [-0.05, 0) is 37.4 Å². The van der Waals surface area contributed by atoms with Gasteiger partial charge in [0, 0.05) is 57.2 Å². The number of likely N-dealkylation sites (N-methyl/N-ethyl adjacent to an activating group) is 1. The third-order valence-electron chi connectivity index (χ3n) is 3.86. The highest BCUT2D eigenvalue weighted by Crippen LogP contribution is 2.27. The predicted octanol–water partition coefficient (Wildman–Crippen LogP) is 2.88. The minimum Gasteiger partial charge on any atom is -0.385 e. The molecule has 0 spiro atoms. The maximum atomic E-state index is 6.10. The second-order valence-electron chi connectivity index (χ2n) is 5.81. The fraction of sp³-hybridized carbons (Fsp3) is 0.611. The second kappa shape index (κ2) is 13.3. The van der Waals surface area contributed by atoms with E-state index in [4.69, 9.17) is 16.3 Å². The molecule has 0 aliphatic rings. The molecule has 0 aliphatic carbocycles. The molecule has 0 bridgehead atoms. The molecule has 7 heteroatoms. The Kier molecular flexibility index (Phi) is 11.7. The van der Waals surface area contributed by atoms with Crippen molar-refractivity contribution in [1.29, 1.82) is 0 Å². The Labute approximate surface area is 161 Å². The van der Waals surface area contributed by atoms with Gasteiger partial charge in [0.15, 0.2) is 5.96 Å². The summed E-state index contributed by atoms with van der Waals surface area (Å²) >= 11 is 7.90. The maximum absolute atomic E-state index is 6.10. The number of thioether (sulfide) groups is 1. The standard InChI is InChI=1S/C18H31ClN4OS/c1-20-18(21-9-11-23(2)10-6-12-24-3)22-14-17(25-4)15-7-5-8-16(19)13-15/h5,7-8,13,17H,6,9-12,14H2,1-4H3,(H2,20,21,22). The molecule has 142 valence electrons. The monoisotopic (exact) mass is 386 g/mol. The van der Waals surface area contributed by atoms with Gasteiger partial charge in [-0.1, -0.05) is 23.7 Å². The Hall–Kier alpha value is -0.950. The molecule has 0 heterocycles. The zero-order valence-electron chi connectivity index (χ0n) is 15.7. The number of rotatable bonds is 11. The number of nitrogens with one attached hydrogen (secondary N) is 2. The van der Waals surface area contributed by atoms with Gasteiger partial charge in [-0.15, -0.1) is 0 Å². The second-order valence-corrected chi connectivity index (χ2v) is 7.29. The van der Waals surface area contributed by atoms with Crippen LogP contribution in [0.3, 0.4) is 0 Å². The average molecular weight is 387 g/mol. The van der Waals surface area contributed by atoms with Crippen LogP contribution >= 0.6 is 23.4 Å². The van der Waals surface area contributed by atoms with Crippen LogP contribution in [0, 0.1) is 0 Å². The van der Waals surface area contributed by atoms with Crippen LogP contribution in [-0.2, 0) is 4.74 Å². The molecule has 0 saturated heterocycles. The van der Waals surface area contributed by atoms with E-state index >= 15 is 0 Å². The molecule has 0 radical (unpaired) electrons. The first-order valence-corrected chi connectivity index (χ1v) is 10.2. The van der Waals surface area contributed by atoms with Gasteiger partial charge in [0.05, 0.1) is 0 Å². The summed E-state index contributed by atoms with van der Waals surface area (Å²) in [5.41, 5.74) is 1.22. The Morgan fingerprint density at radius 2 is 2.16 bits per heavy atom. The third kappa shape index (κ3) is 9.35. The SMILES string of the molecule is CN=C(NCCN(C)CCCOC)NCC(SC)c1cccc(Cl)c1. The molecule has 1 rings (SSSR count). The van der Waals surface area contributed by atoms with Crippen molar-refractivity contribution < 1.29 is 4.74 Å². The molecule has 0 fully saturated rings. The van der Waals surface area contributed by atoms with Crippen LogP contribution in [-0.4, -0.2) is 71.1 Å². The largest absolute Gasteiger partial charge is 0.385 e. The van der Waals surface area contributed by atoms with Crippen molar-refractivity contribution in [3.05, 3.63) is 34.9 Å². The summed E-state index contributed by atoms with van der Waals surface area (Å²) in [6.07, 6.45) is 3.16. The summed E-state index contributed by atoms with van der Waals surface area (Å²) in [5, 5.41) is 7.87. The summed E-state index contributed by atoms with van der Waals surface area (Å²) < 4.78 is 5.08. The number of ether oxygens (including phenoxy) is 1. The van der Waals surface area contributed by atoms with E-state index in [0.29, 0.717) is 5.25 Å². The molecular weight excluding hydrogens is 356 g/mol. The molecule has 0 aromatic heterocycles. The zero-order valence-corrected chi connectivity index (χ0v) is 17.3. The van der Waals surface area contributed by atoms with Crippen molar-refractivity contribution in [1.82, 2.24) is 15.5 Å². The minimum absolute atomic E-state index is 0.328. The van der Waals surface area contributed by atoms with Crippen molar-refractivity contribution in [2.24, 2.45) is 4.99 Å². The van der Waals surface area contributed by atoms with Crippen molar-refractivity contribution in [3.8, 4) is 0 Å². The highest BCUT2D eigenvalue weighted by molar-refractivity contribution is 7.98. The predicted molar refractivity (Wildman–Crippen MR) is 111 cm³/mol. The van der Waals surface area contributed by atoms with E-state index in [-0.39, 0.29) is 0 Å². The molecule has 2 N–H and O–H groups in total. The summed E-state index contributed by atoms with van der Waals surface area (Å²) in [6.45, 7) is 4.45. The molecule has 1 aromatic carbocycles. The number of nitrogens with zero attached hydrogens (tertiary/aromatic N) is 2. The molecule has 25 heavy (non-hydrogen) atoms. The van der Waals surface area contributed by atoms with E-state index in [2.05, 4.69) is 39.9 Å². The average Bonchev–Trinajstić information content (AvgIpc) is 2.61. The topological polar surface area (TPSA) is 48.9 Å². The van der Waals surface area contributed by atoms with Gasteiger partial charge >= 0.3 is 0 Å².